The van der Waals surface area contributed by atoms with E-state index in [1.807, 2.05) is 37.3 Å². The van der Waals surface area contributed by atoms with E-state index in [9.17, 15) is 23.1 Å². The number of hydrogen-bond donors (Lipinski definition) is 2. The summed E-state index contributed by atoms with van der Waals surface area (Å²) in [4.78, 5) is 14.7. The number of H-pyrrole nitrogens is 1. The Bertz CT molecular complexity index is 1330. The number of carboxylic acids is 1. The SMILES string of the molecule is CCOc1cc(-c2[nH]c3ccc(OC(F)(F)F)cc3c2CC(=O)O)ccc1OCc1ccccc1. The van der Waals surface area contributed by atoms with E-state index in [0.717, 1.165) is 5.56 Å². The summed E-state index contributed by atoms with van der Waals surface area (Å²) >= 11 is 0. The van der Waals surface area contributed by atoms with Crippen molar-refractivity contribution in [3.05, 3.63) is 77.9 Å². The maximum absolute atomic E-state index is 12.7. The number of hydrogen-bond acceptors (Lipinski definition) is 4. The molecule has 0 atom stereocenters. The van der Waals surface area contributed by atoms with Crippen LogP contribution in [-0.2, 0) is 17.8 Å². The van der Waals surface area contributed by atoms with E-state index in [2.05, 4.69) is 9.72 Å². The highest BCUT2D eigenvalue weighted by atomic mass is 19.4. The van der Waals surface area contributed by atoms with Gasteiger partial charge in [-0.05, 0) is 54.4 Å². The average molecular weight is 485 g/mol. The molecule has 0 unspecified atom stereocenters. The fraction of sp³-hybridized carbons (Fsp3) is 0.192. The minimum absolute atomic E-state index is 0.325. The van der Waals surface area contributed by atoms with Crippen molar-refractivity contribution in [3.8, 4) is 28.5 Å². The Kier molecular flexibility index (Phi) is 6.86. The first-order valence-corrected chi connectivity index (χ1v) is 10.8. The first-order valence-electron chi connectivity index (χ1n) is 10.8. The summed E-state index contributed by atoms with van der Waals surface area (Å²) in [5, 5.41) is 9.79. The van der Waals surface area contributed by atoms with Gasteiger partial charge in [0.1, 0.15) is 12.4 Å². The van der Waals surface area contributed by atoms with Gasteiger partial charge in [-0.25, -0.2) is 0 Å². The Hall–Kier alpha value is -4.14. The summed E-state index contributed by atoms with van der Waals surface area (Å²) < 4.78 is 53.8. The van der Waals surface area contributed by atoms with E-state index in [0.29, 0.717) is 52.4 Å². The molecule has 0 aliphatic heterocycles. The second kappa shape index (κ2) is 10.0. The molecule has 0 saturated heterocycles. The predicted octanol–water partition coefficient (Wildman–Crippen LogP) is 6.34. The van der Waals surface area contributed by atoms with E-state index < -0.39 is 24.5 Å². The minimum Gasteiger partial charge on any atom is -0.490 e. The van der Waals surface area contributed by atoms with Crippen molar-refractivity contribution in [3.63, 3.8) is 0 Å². The normalized spacial score (nSPS) is 11.4. The molecular weight excluding hydrogens is 463 g/mol. The van der Waals surface area contributed by atoms with E-state index in [4.69, 9.17) is 9.47 Å². The molecule has 3 aromatic carbocycles. The molecule has 4 rings (SSSR count). The molecule has 1 aromatic heterocycles. The van der Waals surface area contributed by atoms with Gasteiger partial charge in [0, 0.05) is 16.5 Å². The zero-order chi connectivity index (χ0) is 25.0. The molecule has 2 N–H and O–H groups in total. The van der Waals surface area contributed by atoms with Gasteiger partial charge < -0.3 is 24.3 Å². The third-order valence-electron chi connectivity index (χ3n) is 5.21. The second-order valence-corrected chi connectivity index (χ2v) is 7.67. The summed E-state index contributed by atoms with van der Waals surface area (Å²) in [7, 11) is 0. The summed E-state index contributed by atoms with van der Waals surface area (Å²) in [6.07, 6.45) is -5.26. The van der Waals surface area contributed by atoms with Gasteiger partial charge in [-0.1, -0.05) is 30.3 Å². The van der Waals surface area contributed by atoms with E-state index in [-0.39, 0.29) is 0 Å². The van der Waals surface area contributed by atoms with Gasteiger partial charge in [-0.3, -0.25) is 4.79 Å². The maximum atomic E-state index is 12.7. The number of ether oxygens (including phenoxy) is 3. The molecule has 0 amide bonds. The molecule has 0 radical (unpaired) electrons. The largest absolute Gasteiger partial charge is 0.573 e. The topological polar surface area (TPSA) is 80.8 Å². The molecule has 4 aromatic rings. The number of fused-ring (bicyclic) bond motifs is 1. The Morgan fingerprint density at radius 1 is 0.971 bits per heavy atom. The van der Waals surface area contributed by atoms with Crippen molar-refractivity contribution in [2.75, 3.05) is 6.61 Å². The highest BCUT2D eigenvalue weighted by Gasteiger charge is 2.31. The molecule has 9 heteroatoms. The van der Waals surface area contributed by atoms with Gasteiger partial charge in [-0.2, -0.15) is 0 Å². The average Bonchev–Trinajstić information content (AvgIpc) is 3.15. The number of benzene rings is 3. The number of nitrogens with one attached hydrogen (secondary N) is 1. The van der Waals surface area contributed by atoms with Crippen molar-refractivity contribution >= 4 is 16.9 Å². The first-order chi connectivity index (χ1) is 16.7. The van der Waals surface area contributed by atoms with Crippen LogP contribution in [-0.4, -0.2) is 29.0 Å². The number of alkyl halides is 3. The van der Waals surface area contributed by atoms with Crippen molar-refractivity contribution in [2.24, 2.45) is 0 Å². The quantitative estimate of drug-likeness (QED) is 0.289. The number of aliphatic carboxylic acids is 1. The molecule has 35 heavy (non-hydrogen) atoms. The van der Waals surface area contributed by atoms with Crippen LogP contribution < -0.4 is 14.2 Å². The monoisotopic (exact) mass is 485 g/mol. The third-order valence-corrected chi connectivity index (χ3v) is 5.21. The number of carbonyl (C=O) groups is 1. The number of aromatic nitrogens is 1. The molecule has 0 aliphatic rings. The van der Waals surface area contributed by atoms with E-state index in [1.54, 1.807) is 18.2 Å². The molecule has 1 heterocycles. The summed E-state index contributed by atoms with van der Waals surface area (Å²) in [5.74, 6) is -0.581. The Morgan fingerprint density at radius 3 is 2.43 bits per heavy atom. The van der Waals surface area contributed by atoms with Crippen LogP contribution in [0.4, 0.5) is 13.2 Å². The van der Waals surface area contributed by atoms with Crippen molar-refractivity contribution in [2.45, 2.75) is 26.3 Å². The maximum Gasteiger partial charge on any atom is 0.573 e. The van der Waals surface area contributed by atoms with Crippen molar-refractivity contribution in [1.82, 2.24) is 4.98 Å². The van der Waals surface area contributed by atoms with Gasteiger partial charge >= 0.3 is 12.3 Å². The van der Waals surface area contributed by atoms with Crippen molar-refractivity contribution < 1.29 is 37.3 Å². The van der Waals surface area contributed by atoms with Crippen LogP contribution in [0.15, 0.2) is 66.7 Å². The lowest BCUT2D eigenvalue weighted by Crippen LogP contribution is -2.17. The number of aromatic amines is 1. The first kappa shape index (κ1) is 24.0. The highest BCUT2D eigenvalue weighted by molar-refractivity contribution is 5.95. The van der Waals surface area contributed by atoms with Crippen LogP contribution in [0.3, 0.4) is 0 Å². The minimum atomic E-state index is -4.86. The lowest BCUT2D eigenvalue weighted by Gasteiger charge is -2.14. The lowest BCUT2D eigenvalue weighted by atomic mass is 10.0. The van der Waals surface area contributed by atoms with Crippen LogP contribution in [0.1, 0.15) is 18.1 Å². The molecule has 0 saturated carbocycles. The summed E-state index contributed by atoms with van der Waals surface area (Å²) in [5.41, 5.74) is 2.86. The zero-order valence-electron chi connectivity index (χ0n) is 18.7. The lowest BCUT2D eigenvalue weighted by molar-refractivity contribution is -0.274. The Balaban J connectivity index is 1.73. The van der Waals surface area contributed by atoms with Gasteiger partial charge in [0.05, 0.1) is 18.7 Å². The van der Waals surface area contributed by atoms with Gasteiger partial charge in [-0.15, -0.1) is 13.2 Å². The zero-order valence-corrected chi connectivity index (χ0v) is 18.7. The van der Waals surface area contributed by atoms with Crippen molar-refractivity contribution in [1.29, 1.82) is 0 Å². The van der Waals surface area contributed by atoms with E-state index >= 15 is 0 Å². The highest BCUT2D eigenvalue weighted by Crippen LogP contribution is 2.38. The van der Waals surface area contributed by atoms with Gasteiger partial charge in [0.2, 0.25) is 0 Å². The molecular formula is C26H22F3NO5. The number of rotatable bonds is 9. The standard InChI is InChI=1S/C26H22F3NO5/c1-2-33-23-12-17(8-11-22(23)34-15-16-6-4-3-5-7-16)25-20(14-24(31)32)19-13-18(35-26(27,28)29)9-10-21(19)30-25/h3-13,30H,2,14-15H2,1H3,(H,31,32). The van der Waals surface area contributed by atoms with Crippen LogP contribution in [0.25, 0.3) is 22.2 Å². The summed E-state index contributed by atoms with van der Waals surface area (Å²) in [6, 6.07) is 18.6. The Labute approximate surface area is 198 Å². The molecule has 0 aliphatic carbocycles. The predicted molar refractivity (Wildman–Crippen MR) is 124 cm³/mol. The molecule has 0 bridgehead atoms. The van der Waals surface area contributed by atoms with Crippen LogP contribution in [0, 0.1) is 0 Å². The van der Waals surface area contributed by atoms with Gasteiger partial charge in [0.25, 0.3) is 0 Å². The molecule has 0 fully saturated rings. The third kappa shape index (κ3) is 5.87. The fourth-order valence-corrected chi connectivity index (χ4v) is 3.79. The molecule has 0 spiro atoms. The smallest absolute Gasteiger partial charge is 0.490 e. The second-order valence-electron chi connectivity index (χ2n) is 7.67. The Morgan fingerprint density at radius 2 is 1.74 bits per heavy atom. The number of carboxylic acid groups (broad SMARTS) is 1. The molecule has 6 nitrogen and oxygen atoms in total. The molecule has 182 valence electrons. The van der Waals surface area contributed by atoms with Crippen LogP contribution in [0.2, 0.25) is 0 Å². The summed E-state index contributed by atoms with van der Waals surface area (Å²) in [6.45, 7) is 2.53. The van der Waals surface area contributed by atoms with Crippen LogP contribution >= 0.6 is 0 Å². The van der Waals surface area contributed by atoms with Gasteiger partial charge in [0.15, 0.2) is 11.5 Å². The fourth-order valence-electron chi connectivity index (χ4n) is 3.79. The number of halogens is 3. The van der Waals surface area contributed by atoms with Crippen LogP contribution in [0.5, 0.6) is 17.2 Å². The van der Waals surface area contributed by atoms with E-state index in [1.165, 1.54) is 18.2 Å².